The van der Waals surface area contributed by atoms with Gasteiger partial charge in [0.05, 0.1) is 0 Å². The molecule has 0 radical (unpaired) electrons. The van der Waals surface area contributed by atoms with Gasteiger partial charge in [-0.3, -0.25) is 4.79 Å². The summed E-state index contributed by atoms with van der Waals surface area (Å²) in [6.07, 6.45) is 0.449. The van der Waals surface area contributed by atoms with E-state index in [4.69, 9.17) is 18.9 Å². The number of urea groups is 1. The van der Waals surface area contributed by atoms with Crippen LogP contribution in [0.3, 0.4) is 0 Å². The van der Waals surface area contributed by atoms with Crippen molar-refractivity contribution in [2.24, 2.45) is 0 Å². The van der Waals surface area contributed by atoms with Crippen LogP contribution in [0.15, 0.2) is 0 Å². The molecule has 0 bridgehead atoms. The average Bonchev–Trinajstić information content (AvgIpc) is 2.70. The highest BCUT2D eigenvalue weighted by molar-refractivity contribution is 5.87. The minimum atomic E-state index is -1.17. The van der Waals surface area contributed by atoms with E-state index in [1.54, 1.807) is 83.1 Å². The predicted molar refractivity (Wildman–Crippen MR) is 154 cm³/mol. The molecule has 3 N–H and O–H groups in total. The molecule has 0 rings (SSSR count). The Hall–Kier alpha value is -3.05. The molecule has 0 aliphatic heterocycles. The second-order valence-electron chi connectivity index (χ2n) is 13.8. The molecule has 0 spiro atoms. The molecule has 12 nitrogen and oxygen atoms in total. The number of nitrogens with one attached hydrogen (secondary N) is 3. The Labute approximate surface area is 245 Å². The van der Waals surface area contributed by atoms with Gasteiger partial charge in [0, 0.05) is 13.0 Å². The van der Waals surface area contributed by atoms with Crippen molar-refractivity contribution in [1.29, 1.82) is 0 Å². The summed E-state index contributed by atoms with van der Waals surface area (Å²) in [6.45, 7) is 21.0. The van der Waals surface area contributed by atoms with Crippen LogP contribution in [0, 0.1) is 0 Å². The molecular formula is C29H53N3O9. The monoisotopic (exact) mass is 587 g/mol. The Morgan fingerprint density at radius 3 is 1.39 bits per heavy atom. The zero-order valence-electron chi connectivity index (χ0n) is 27.1. The number of amides is 3. The van der Waals surface area contributed by atoms with Crippen molar-refractivity contribution in [2.75, 3.05) is 6.54 Å². The van der Waals surface area contributed by atoms with Gasteiger partial charge in [-0.25, -0.2) is 19.2 Å². The van der Waals surface area contributed by atoms with E-state index in [0.29, 0.717) is 19.4 Å². The first-order valence-corrected chi connectivity index (χ1v) is 14.1. The molecule has 0 unspecified atom stereocenters. The minimum Gasteiger partial charge on any atom is -0.460 e. The molecule has 12 heteroatoms. The molecule has 238 valence electrons. The molecule has 0 saturated carbocycles. The first-order chi connectivity index (χ1) is 18.4. The van der Waals surface area contributed by atoms with Gasteiger partial charge in [-0.2, -0.15) is 0 Å². The van der Waals surface area contributed by atoms with Gasteiger partial charge in [0.1, 0.15) is 34.5 Å². The van der Waals surface area contributed by atoms with Crippen molar-refractivity contribution >= 4 is 30.0 Å². The van der Waals surface area contributed by atoms with Gasteiger partial charge in [-0.1, -0.05) is 0 Å². The second kappa shape index (κ2) is 15.8. The first-order valence-electron chi connectivity index (χ1n) is 14.1. The molecule has 0 saturated heterocycles. The van der Waals surface area contributed by atoms with Crippen LogP contribution in [0.2, 0.25) is 0 Å². The van der Waals surface area contributed by atoms with E-state index < -0.39 is 64.5 Å². The number of rotatable bonds is 12. The molecule has 0 aromatic rings. The lowest BCUT2D eigenvalue weighted by atomic mass is 10.1. The fourth-order valence-electron chi connectivity index (χ4n) is 3.23. The maximum atomic E-state index is 13.0. The van der Waals surface area contributed by atoms with E-state index in [0.717, 1.165) is 0 Å². The normalized spacial score (nSPS) is 13.8. The number of carbonyl (C=O) groups is 5. The molecular weight excluding hydrogens is 534 g/mol. The maximum Gasteiger partial charge on any atom is 0.407 e. The second-order valence-corrected chi connectivity index (χ2v) is 13.8. The highest BCUT2D eigenvalue weighted by Gasteiger charge is 2.31. The SMILES string of the molecule is CC(C)(C)OC(=O)CC[C@@H](NC(=O)N[C@H](CCCCNC(=O)OC(C)(C)C)C(=O)OC(C)(C)C)C(=O)OC(C)(C)C. The Kier molecular flexibility index (Phi) is 14.6. The summed E-state index contributed by atoms with van der Waals surface area (Å²) in [4.78, 5) is 62.7. The Morgan fingerprint density at radius 2 is 0.976 bits per heavy atom. The summed E-state index contributed by atoms with van der Waals surface area (Å²) in [7, 11) is 0. The summed E-state index contributed by atoms with van der Waals surface area (Å²) < 4.78 is 21.4. The fourth-order valence-corrected chi connectivity index (χ4v) is 3.23. The highest BCUT2D eigenvalue weighted by atomic mass is 16.6. The Morgan fingerprint density at radius 1 is 0.561 bits per heavy atom. The number of hydrogen-bond acceptors (Lipinski definition) is 9. The molecule has 0 aromatic heterocycles. The number of carbonyl (C=O) groups excluding carboxylic acids is 5. The van der Waals surface area contributed by atoms with Crippen molar-refractivity contribution in [2.45, 2.75) is 150 Å². The van der Waals surface area contributed by atoms with Gasteiger partial charge < -0.3 is 34.9 Å². The van der Waals surface area contributed by atoms with Gasteiger partial charge >= 0.3 is 30.0 Å². The van der Waals surface area contributed by atoms with Crippen LogP contribution >= 0.6 is 0 Å². The zero-order chi connectivity index (χ0) is 32.2. The summed E-state index contributed by atoms with van der Waals surface area (Å²) in [6, 6.07) is -2.99. The largest absolute Gasteiger partial charge is 0.460 e. The molecule has 0 aliphatic rings. The topological polar surface area (TPSA) is 158 Å². The zero-order valence-corrected chi connectivity index (χ0v) is 27.1. The van der Waals surface area contributed by atoms with Crippen LogP contribution < -0.4 is 16.0 Å². The lowest BCUT2D eigenvalue weighted by molar-refractivity contribution is -0.159. The van der Waals surface area contributed by atoms with E-state index in [1.807, 2.05) is 0 Å². The quantitative estimate of drug-likeness (QED) is 0.169. The molecule has 3 amide bonds. The Bertz CT molecular complexity index is 891. The highest BCUT2D eigenvalue weighted by Crippen LogP contribution is 2.15. The minimum absolute atomic E-state index is 0.0648. The van der Waals surface area contributed by atoms with Gasteiger partial charge in [-0.05, 0) is 109 Å². The molecule has 0 heterocycles. The molecule has 0 aliphatic carbocycles. The summed E-state index contributed by atoms with van der Waals surface area (Å²) in [5.74, 6) is -1.89. The Balaban J connectivity index is 5.38. The lowest BCUT2D eigenvalue weighted by Crippen LogP contribution is -2.53. The summed E-state index contributed by atoms with van der Waals surface area (Å²) >= 11 is 0. The fraction of sp³-hybridized carbons (Fsp3) is 0.828. The third-order valence-corrected chi connectivity index (χ3v) is 4.64. The van der Waals surface area contributed by atoms with Crippen LogP contribution in [0.5, 0.6) is 0 Å². The summed E-state index contributed by atoms with van der Waals surface area (Å²) in [5.41, 5.74) is -2.94. The molecule has 2 atom stereocenters. The van der Waals surface area contributed by atoms with E-state index >= 15 is 0 Å². The van der Waals surface area contributed by atoms with E-state index in [-0.39, 0.29) is 19.3 Å². The van der Waals surface area contributed by atoms with Crippen molar-refractivity contribution < 1.29 is 42.9 Å². The maximum absolute atomic E-state index is 13.0. The van der Waals surface area contributed by atoms with Crippen molar-refractivity contribution in [1.82, 2.24) is 16.0 Å². The number of hydrogen-bond donors (Lipinski definition) is 3. The van der Waals surface area contributed by atoms with Crippen molar-refractivity contribution in [3.8, 4) is 0 Å². The molecule has 0 aromatic carbocycles. The third kappa shape index (κ3) is 21.4. The number of ether oxygens (including phenoxy) is 4. The molecule has 0 fully saturated rings. The van der Waals surface area contributed by atoms with Crippen LogP contribution in [-0.4, -0.2) is 71.1 Å². The average molecular weight is 588 g/mol. The smallest absolute Gasteiger partial charge is 0.407 e. The summed E-state index contributed by atoms with van der Waals surface area (Å²) in [5, 5.41) is 7.76. The van der Waals surface area contributed by atoms with Crippen LogP contribution in [0.4, 0.5) is 9.59 Å². The van der Waals surface area contributed by atoms with Crippen molar-refractivity contribution in [3.05, 3.63) is 0 Å². The number of unbranched alkanes of at least 4 members (excludes halogenated alkanes) is 1. The number of esters is 3. The molecule has 41 heavy (non-hydrogen) atoms. The lowest BCUT2D eigenvalue weighted by Gasteiger charge is -2.27. The van der Waals surface area contributed by atoms with Gasteiger partial charge in [0.15, 0.2) is 0 Å². The van der Waals surface area contributed by atoms with Gasteiger partial charge in [-0.15, -0.1) is 0 Å². The number of alkyl carbamates (subject to hydrolysis) is 1. The standard InChI is InChI=1S/C29H53N3O9/c1-26(2,3)38-21(33)17-16-20(23(35)40-28(7,8)9)32-24(36)31-19(22(34)39-27(4,5)6)15-13-14-18-30-25(37)41-29(10,11)12/h19-20H,13-18H2,1-12H3,(H,30,37)(H2,31,32,36)/t19-,20-/m1/s1. The van der Waals surface area contributed by atoms with Gasteiger partial charge in [0.2, 0.25) is 0 Å². The predicted octanol–water partition coefficient (Wildman–Crippen LogP) is 4.52. The van der Waals surface area contributed by atoms with Gasteiger partial charge in [0.25, 0.3) is 0 Å². The van der Waals surface area contributed by atoms with Crippen LogP contribution in [0.25, 0.3) is 0 Å². The first kappa shape index (κ1) is 38.0. The van der Waals surface area contributed by atoms with Crippen molar-refractivity contribution in [3.63, 3.8) is 0 Å². The van der Waals surface area contributed by atoms with Crippen LogP contribution in [0.1, 0.15) is 115 Å². The third-order valence-electron chi connectivity index (χ3n) is 4.64. The van der Waals surface area contributed by atoms with E-state index in [1.165, 1.54) is 0 Å². The van der Waals surface area contributed by atoms with Crippen LogP contribution in [-0.2, 0) is 33.3 Å². The van der Waals surface area contributed by atoms with E-state index in [9.17, 15) is 24.0 Å². The van der Waals surface area contributed by atoms with E-state index in [2.05, 4.69) is 16.0 Å².